The molecule has 0 unspecified atom stereocenters. The number of carbonyl (C=O) groups excluding carboxylic acids is 2. The molecule has 0 fully saturated rings. The molecule has 0 aliphatic carbocycles. The van der Waals surface area contributed by atoms with E-state index in [1.807, 2.05) is 31.2 Å². The van der Waals surface area contributed by atoms with Gasteiger partial charge in [-0.1, -0.05) is 29.8 Å². The first-order valence-corrected chi connectivity index (χ1v) is 8.75. The number of rotatable bonds is 4. The van der Waals surface area contributed by atoms with Crippen molar-refractivity contribution in [3.63, 3.8) is 0 Å². The fraction of sp³-hybridized carbons (Fsp3) is 0.300. The highest BCUT2D eigenvalue weighted by atomic mass is 35.5. The number of halogens is 1. The summed E-state index contributed by atoms with van der Waals surface area (Å²) in [5.41, 5.74) is 2.17. The first kappa shape index (κ1) is 18.3. The Hall–Kier alpha value is -2.53. The minimum Gasteiger partial charge on any atom is -0.496 e. The van der Waals surface area contributed by atoms with E-state index in [-0.39, 0.29) is 17.5 Å². The molecule has 2 aromatic carbocycles. The summed E-state index contributed by atoms with van der Waals surface area (Å²) in [7, 11) is 1.46. The van der Waals surface area contributed by atoms with E-state index in [9.17, 15) is 9.59 Å². The van der Waals surface area contributed by atoms with Crippen molar-refractivity contribution in [2.75, 3.05) is 12.0 Å². The quantitative estimate of drug-likeness (QED) is 0.763. The molecule has 3 rings (SSSR count). The zero-order valence-corrected chi connectivity index (χ0v) is 15.6. The Kier molecular flexibility index (Phi) is 5.18. The summed E-state index contributed by atoms with van der Waals surface area (Å²) in [5, 5.41) is 0.388. The zero-order chi connectivity index (χ0) is 18.8. The Balaban J connectivity index is 1.78. The predicted molar refractivity (Wildman–Crippen MR) is 100.0 cm³/mol. The second-order valence-electron chi connectivity index (χ2n) is 6.28. The van der Waals surface area contributed by atoms with E-state index in [0.717, 1.165) is 17.7 Å². The largest absolute Gasteiger partial charge is 0.496 e. The van der Waals surface area contributed by atoms with Gasteiger partial charge in [-0.3, -0.25) is 4.79 Å². The Morgan fingerprint density at radius 1 is 1.23 bits per heavy atom. The normalized spacial score (nSPS) is 16.8. The van der Waals surface area contributed by atoms with Crippen LogP contribution >= 0.6 is 11.6 Å². The third-order valence-electron chi connectivity index (χ3n) is 4.46. The highest BCUT2D eigenvalue weighted by Gasteiger charge is 2.34. The van der Waals surface area contributed by atoms with Crippen LogP contribution in [0, 0.1) is 0 Å². The van der Waals surface area contributed by atoms with E-state index in [1.165, 1.54) is 13.2 Å². The minimum absolute atomic E-state index is 0.0155. The van der Waals surface area contributed by atoms with E-state index in [0.29, 0.717) is 10.8 Å². The molecule has 0 N–H and O–H groups in total. The van der Waals surface area contributed by atoms with Crippen LogP contribution < -0.4 is 9.64 Å². The summed E-state index contributed by atoms with van der Waals surface area (Å²) < 4.78 is 10.6. The number of nitrogens with zero attached hydrogens (tertiary/aromatic N) is 1. The maximum atomic E-state index is 12.9. The van der Waals surface area contributed by atoms with Crippen molar-refractivity contribution >= 4 is 29.2 Å². The maximum absolute atomic E-state index is 12.9. The highest BCUT2D eigenvalue weighted by Crippen LogP contribution is 2.32. The van der Waals surface area contributed by atoms with Crippen molar-refractivity contribution in [2.24, 2.45) is 0 Å². The fourth-order valence-electron chi connectivity index (χ4n) is 3.21. The van der Waals surface area contributed by atoms with Crippen molar-refractivity contribution in [1.82, 2.24) is 0 Å². The van der Waals surface area contributed by atoms with Gasteiger partial charge >= 0.3 is 5.97 Å². The lowest BCUT2D eigenvalue weighted by Crippen LogP contribution is -2.43. The van der Waals surface area contributed by atoms with Crippen LogP contribution in [0.5, 0.6) is 5.75 Å². The molecule has 0 saturated heterocycles. The number of amides is 1. The smallest absolute Gasteiger partial charge is 0.342 e. The van der Waals surface area contributed by atoms with Gasteiger partial charge in [-0.05, 0) is 50.1 Å². The third kappa shape index (κ3) is 3.40. The lowest BCUT2D eigenvalue weighted by Gasteiger charge is -2.26. The molecule has 5 nitrogen and oxygen atoms in total. The average molecular weight is 374 g/mol. The number of benzene rings is 2. The Morgan fingerprint density at radius 3 is 2.69 bits per heavy atom. The van der Waals surface area contributed by atoms with Gasteiger partial charge in [0.15, 0.2) is 6.10 Å². The molecule has 1 amide bonds. The summed E-state index contributed by atoms with van der Waals surface area (Å²) in [6, 6.07) is 12.4. The monoisotopic (exact) mass is 373 g/mol. The average Bonchev–Trinajstić information content (AvgIpc) is 2.96. The van der Waals surface area contributed by atoms with Crippen LogP contribution in [0.1, 0.15) is 29.8 Å². The number of carbonyl (C=O) groups is 2. The Bertz CT molecular complexity index is 851. The summed E-state index contributed by atoms with van der Waals surface area (Å²) in [6.45, 7) is 3.55. The van der Waals surface area contributed by atoms with E-state index >= 15 is 0 Å². The minimum atomic E-state index is -0.931. The number of para-hydroxylation sites is 1. The van der Waals surface area contributed by atoms with Crippen LogP contribution in [0.2, 0.25) is 5.02 Å². The standard InChI is InChI=1S/C20H20ClNO4/c1-12-10-14-6-4-5-7-17(14)22(12)19(23)13(2)26-20(24)16-11-15(21)8-9-18(16)25-3/h4-9,11-13H,10H2,1-3H3/t12-,13-/m0/s1. The van der Waals surface area contributed by atoms with Gasteiger partial charge in [-0.15, -0.1) is 0 Å². The second kappa shape index (κ2) is 7.38. The van der Waals surface area contributed by atoms with Gasteiger partial charge in [0, 0.05) is 16.8 Å². The van der Waals surface area contributed by atoms with Gasteiger partial charge in [0.1, 0.15) is 11.3 Å². The topological polar surface area (TPSA) is 55.8 Å². The van der Waals surface area contributed by atoms with E-state index in [4.69, 9.17) is 21.1 Å². The molecule has 0 saturated carbocycles. The van der Waals surface area contributed by atoms with Crippen molar-refractivity contribution in [3.05, 3.63) is 58.6 Å². The molecule has 1 aliphatic rings. The number of methoxy groups -OCH3 is 1. The molecular formula is C20H20ClNO4. The summed E-state index contributed by atoms with van der Waals surface area (Å²) in [4.78, 5) is 27.1. The van der Waals surface area contributed by atoms with Gasteiger partial charge in [-0.25, -0.2) is 4.79 Å². The van der Waals surface area contributed by atoms with Crippen LogP contribution in [0.25, 0.3) is 0 Å². The number of ether oxygens (including phenoxy) is 2. The van der Waals surface area contributed by atoms with E-state index in [1.54, 1.807) is 24.0 Å². The first-order chi connectivity index (χ1) is 12.4. The van der Waals surface area contributed by atoms with Crippen molar-refractivity contribution in [3.8, 4) is 5.75 Å². The second-order valence-corrected chi connectivity index (χ2v) is 6.72. The van der Waals surface area contributed by atoms with Crippen LogP contribution in [0.15, 0.2) is 42.5 Å². The SMILES string of the molecule is COc1ccc(Cl)cc1C(=O)O[C@@H](C)C(=O)N1c2ccccc2C[C@@H]1C. The predicted octanol–water partition coefficient (Wildman–Crippen LogP) is 3.87. The molecule has 6 heteroatoms. The molecule has 0 spiro atoms. The van der Waals surface area contributed by atoms with Gasteiger partial charge in [0.2, 0.25) is 0 Å². The van der Waals surface area contributed by atoms with Gasteiger partial charge in [0.25, 0.3) is 5.91 Å². The Labute approximate surface area is 157 Å². The molecule has 2 atom stereocenters. The van der Waals surface area contributed by atoms with Crippen molar-refractivity contribution < 1.29 is 19.1 Å². The lowest BCUT2D eigenvalue weighted by molar-refractivity contribution is -0.126. The van der Waals surface area contributed by atoms with Crippen LogP contribution in [0.4, 0.5) is 5.69 Å². The number of esters is 1. The molecule has 0 bridgehead atoms. The molecule has 0 radical (unpaired) electrons. The summed E-state index contributed by atoms with van der Waals surface area (Å²) >= 11 is 5.96. The molecule has 2 aromatic rings. The van der Waals surface area contributed by atoms with Gasteiger partial charge in [-0.2, -0.15) is 0 Å². The number of fused-ring (bicyclic) bond motifs is 1. The number of hydrogen-bond acceptors (Lipinski definition) is 4. The van der Waals surface area contributed by atoms with Crippen LogP contribution in [0.3, 0.4) is 0 Å². The highest BCUT2D eigenvalue weighted by molar-refractivity contribution is 6.31. The molecule has 0 aromatic heterocycles. The molecular weight excluding hydrogens is 354 g/mol. The van der Waals surface area contributed by atoms with Gasteiger partial charge in [0.05, 0.1) is 7.11 Å². The van der Waals surface area contributed by atoms with Crippen LogP contribution in [-0.4, -0.2) is 31.1 Å². The maximum Gasteiger partial charge on any atom is 0.342 e. The fourth-order valence-corrected chi connectivity index (χ4v) is 3.38. The Morgan fingerprint density at radius 2 is 1.96 bits per heavy atom. The summed E-state index contributed by atoms with van der Waals surface area (Å²) in [6.07, 6.45) is -0.148. The number of anilines is 1. The lowest BCUT2D eigenvalue weighted by atomic mass is 10.1. The third-order valence-corrected chi connectivity index (χ3v) is 4.69. The van der Waals surface area contributed by atoms with Crippen LogP contribution in [-0.2, 0) is 16.0 Å². The summed E-state index contributed by atoms with van der Waals surface area (Å²) in [5.74, 6) is -0.555. The van der Waals surface area contributed by atoms with Gasteiger partial charge < -0.3 is 14.4 Å². The molecule has 1 aliphatic heterocycles. The zero-order valence-electron chi connectivity index (χ0n) is 14.9. The molecule has 136 valence electrons. The van der Waals surface area contributed by atoms with E-state index in [2.05, 4.69) is 0 Å². The molecule has 26 heavy (non-hydrogen) atoms. The first-order valence-electron chi connectivity index (χ1n) is 8.38. The van der Waals surface area contributed by atoms with E-state index < -0.39 is 12.1 Å². The van der Waals surface area contributed by atoms with Crippen molar-refractivity contribution in [1.29, 1.82) is 0 Å². The number of hydrogen-bond donors (Lipinski definition) is 0. The van der Waals surface area contributed by atoms with Crippen molar-refractivity contribution in [2.45, 2.75) is 32.4 Å². The molecule has 1 heterocycles.